The highest BCUT2D eigenvalue weighted by Gasteiger charge is 2.15. The maximum atomic E-state index is 12.5. The van der Waals surface area contributed by atoms with E-state index < -0.39 is 0 Å². The molecule has 0 N–H and O–H groups in total. The van der Waals surface area contributed by atoms with Gasteiger partial charge in [-0.05, 0) is 43.2 Å². The molecule has 0 aliphatic carbocycles. The second kappa shape index (κ2) is 6.10. The third-order valence-corrected chi connectivity index (χ3v) is 3.66. The molecule has 0 saturated heterocycles. The highest BCUT2D eigenvalue weighted by Crippen LogP contribution is 2.22. The second-order valence-electron chi connectivity index (χ2n) is 4.99. The largest absolute Gasteiger partial charge is 0.311 e. The lowest BCUT2D eigenvalue weighted by atomic mass is 10.1. The second-order valence-corrected chi connectivity index (χ2v) is 5.26. The number of carbonyl (C=O) groups excluding carboxylic acids is 1. The number of rotatable bonds is 3. The minimum Gasteiger partial charge on any atom is -0.311 e. The van der Waals surface area contributed by atoms with Gasteiger partial charge in [0.25, 0.3) is 5.91 Å². The Kier molecular flexibility index (Phi) is 4.46. The number of amides is 1. The summed E-state index contributed by atoms with van der Waals surface area (Å²) in [7, 11) is 1.80. The molecule has 0 radical (unpaired) electrons. The number of aryl methyl sites for hydroxylation is 2. The first-order valence-electron chi connectivity index (χ1n) is 6.53. The molecular weight excluding hydrogens is 270 g/mol. The average molecular weight is 288 g/mol. The van der Waals surface area contributed by atoms with Gasteiger partial charge < -0.3 is 4.90 Å². The summed E-state index contributed by atoms with van der Waals surface area (Å²) in [6, 6.07) is 13.5. The first-order valence-corrected chi connectivity index (χ1v) is 7.06. The molecule has 0 unspecified atom stereocenters. The van der Waals surface area contributed by atoms with E-state index in [-0.39, 0.29) is 5.91 Å². The van der Waals surface area contributed by atoms with Gasteiger partial charge in [-0.2, -0.15) is 0 Å². The van der Waals surface area contributed by atoms with E-state index in [1.54, 1.807) is 11.9 Å². The van der Waals surface area contributed by atoms with Crippen LogP contribution >= 0.6 is 11.6 Å². The molecule has 0 aliphatic rings. The lowest BCUT2D eigenvalue weighted by Crippen LogP contribution is -2.27. The van der Waals surface area contributed by atoms with Gasteiger partial charge in [-0.15, -0.1) is 11.6 Å². The molecule has 3 heteroatoms. The van der Waals surface area contributed by atoms with Crippen molar-refractivity contribution in [3.63, 3.8) is 0 Å². The van der Waals surface area contributed by atoms with Crippen LogP contribution in [0.2, 0.25) is 0 Å². The van der Waals surface area contributed by atoms with Crippen LogP contribution in [0.25, 0.3) is 0 Å². The van der Waals surface area contributed by atoms with Gasteiger partial charge in [0.1, 0.15) is 0 Å². The van der Waals surface area contributed by atoms with E-state index in [0.29, 0.717) is 11.4 Å². The van der Waals surface area contributed by atoms with Gasteiger partial charge in [-0.3, -0.25) is 4.79 Å². The number of anilines is 1. The third kappa shape index (κ3) is 3.02. The van der Waals surface area contributed by atoms with E-state index in [1.807, 2.05) is 50.2 Å². The summed E-state index contributed by atoms with van der Waals surface area (Å²) in [5.74, 6) is 0.387. The number of hydrogen-bond donors (Lipinski definition) is 0. The molecule has 2 aromatic carbocycles. The van der Waals surface area contributed by atoms with Crippen molar-refractivity contribution in [1.82, 2.24) is 0 Å². The van der Waals surface area contributed by atoms with Crippen LogP contribution in [0, 0.1) is 13.8 Å². The van der Waals surface area contributed by atoms with Crippen molar-refractivity contribution in [1.29, 1.82) is 0 Å². The molecule has 0 spiro atoms. The molecule has 0 atom stereocenters. The van der Waals surface area contributed by atoms with Crippen molar-refractivity contribution >= 4 is 23.2 Å². The van der Waals surface area contributed by atoms with E-state index in [9.17, 15) is 4.79 Å². The SMILES string of the molecule is Cc1ccc(N(C)C(=O)c2cccc(CCl)c2)c(C)c1. The number of alkyl halides is 1. The normalized spacial score (nSPS) is 10.4. The number of hydrogen-bond acceptors (Lipinski definition) is 1. The van der Waals surface area contributed by atoms with Gasteiger partial charge >= 0.3 is 0 Å². The van der Waals surface area contributed by atoms with Crippen LogP contribution in [0.4, 0.5) is 5.69 Å². The zero-order valence-electron chi connectivity index (χ0n) is 12.0. The van der Waals surface area contributed by atoms with Crippen LogP contribution in [0.1, 0.15) is 27.0 Å². The summed E-state index contributed by atoms with van der Waals surface area (Å²) in [6.07, 6.45) is 0. The van der Waals surface area contributed by atoms with Crippen LogP contribution in [0.15, 0.2) is 42.5 Å². The molecule has 0 bridgehead atoms. The zero-order valence-corrected chi connectivity index (χ0v) is 12.7. The zero-order chi connectivity index (χ0) is 14.7. The number of benzene rings is 2. The minimum atomic E-state index is -0.0241. The van der Waals surface area contributed by atoms with Crippen molar-refractivity contribution in [2.24, 2.45) is 0 Å². The van der Waals surface area contributed by atoms with Gasteiger partial charge in [-0.1, -0.05) is 29.8 Å². The van der Waals surface area contributed by atoms with Crippen LogP contribution in [0.3, 0.4) is 0 Å². The van der Waals surface area contributed by atoms with E-state index >= 15 is 0 Å². The monoisotopic (exact) mass is 287 g/mol. The highest BCUT2D eigenvalue weighted by atomic mass is 35.5. The highest BCUT2D eigenvalue weighted by molar-refractivity contribution is 6.17. The molecule has 2 rings (SSSR count). The van der Waals surface area contributed by atoms with Crippen molar-refractivity contribution < 1.29 is 4.79 Å². The van der Waals surface area contributed by atoms with Crippen LogP contribution < -0.4 is 4.90 Å². The maximum absolute atomic E-state index is 12.5. The first-order chi connectivity index (χ1) is 9.52. The predicted molar refractivity (Wildman–Crippen MR) is 84.6 cm³/mol. The van der Waals surface area contributed by atoms with Gasteiger partial charge in [0.05, 0.1) is 0 Å². The van der Waals surface area contributed by atoms with Crippen molar-refractivity contribution in [3.05, 3.63) is 64.7 Å². The Labute approximate surface area is 125 Å². The average Bonchev–Trinajstić information content (AvgIpc) is 2.46. The fraction of sp³-hybridized carbons (Fsp3) is 0.235. The van der Waals surface area contributed by atoms with E-state index in [4.69, 9.17) is 11.6 Å². The van der Waals surface area contributed by atoms with Crippen LogP contribution in [-0.4, -0.2) is 13.0 Å². The minimum absolute atomic E-state index is 0.0241. The van der Waals surface area contributed by atoms with Crippen molar-refractivity contribution in [2.75, 3.05) is 11.9 Å². The summed E-state index contributed by atoms with van der Waals surface area (Å²) in [5, 5.41) is 0. The Morgan fingerprint density at radius 2 is 1.90 bits per heavy atom. The summed E-state index contributed by atoms with van der Waals surface area (Å²) >= 11 is 5.82. The topological polar surface area (TPSA) is 20.3 Å². The smallest absolute Gasteiger partial charge is 0.258 e. The quantitative estimate of drug-likeness (QED) is 0.770. The molecule has 0 heterocycles. The molecule has 0 saturated carbocycles. The Morgan fingerprint density at radius 1 is 1.15 bits per heavy atom. The van der Waals surface area contributed by atoms with E-state index in [2.05, 4.69) is 6.07 Å². The summed E-state index contributed by atoms with van der Waals surface area (Å²) in [6.45, 7) is 4.06. The summed E-state index contributed by atoms with van der Waals surface area (Å²) in [4.78, 5) is 14.2. The predicted octanol–water partition coefficient (Wildman–Crippen LogP) is 4.32. The van der Waals surface area contributed by atoms with Gasteiger partial charge in [0.2, 0.25) is 0 Å². The van der Waals surface area contributed by atoms with Gasteiger partial charge in [0.15, 0.2) is 0 Å². The van der Waals surface area contributed by atoms with Crippen LogP contribution in [0.5, 0.6) is 0 Å². The molecule has 20 heavy (non-hydrogen) atoms. The van der Waals surface area contributed by atoms with Gasteiger partial charge in [-0.25, -0.2) is 0 Å². The molecule has 1 amide bonds. The summed E-state index contributed by atoms with van der Waals surface area (Å²) in [5.41, 5.74) is 4.82. The van der Waals surface area contributed by atoms with E-state index in [1.165, 1.54) is 5.56 Å². The first kappa shape index (κ1) is 14.6. The number of nitrogens with zero attached hydrogens (tertiary/aromatic N) is 1. The lowest BCUT2D eigenvalue weighted by Gasteiger charge is -2.20. The molecule has 0 aliphatic heterocycles. The van der Waals surface area contributed by atoms with Gasteiger partial charge in [0, 0.05) is 24.2 Å². The molecule has 104 valence electrons. The molecule has 2 aromatic rings. The standard InChI is InChI=1S/C17H18ClNO/c1-12-7-8-16(13(2)9-12)19(3)17(20)15-6-4-5-14(10-15)11-18/h4-10H,11H2,1-3H3. The number of carbonyl (C=O) groups is 1. The molecule has 0 aromatic heterocycles. The maximum Gasteiger partial charge on any atom is 0.258 e. The molecular formula is C17H18ClNO. The van der Waals surface area contributed by atoms with Crippen LogP contribution in [-0.2, 0) is 5.88 Å². The Hall–Kier alpha value is -1.80. The molecule has 0 fully saturated rings. The summed E-state index contributed by atoms with van der Waals surface area (Å²) < 4.78 is 0. The fourth-order valence-electron chi connectivity index (χ4n) is 2.27. The Bertz CT molecular complexity index is 637. The fourth-order valence-corrected chi connectivity index (χ4v) is 2.44. The molecule has 2 nitrogen and oxygen atoms in total. The Morgan fingerprint density at radius 3 is 2.55 bits per heavy atom. The Balaban J connectivity index is 2.32. The number of halogens is 1. The van der Waals surface area contributed by atoms with Crippen molar-refractivity contribution in [2.45, 2.75) is 19.7 Å². The van der Waals surface area contributed by atoms with Crippen molar-refractivity contribution in [3.8, 4) is 0 Å². The third-order valence-electron chi connectivity index (χ3n) is 3.35. The van der Waals surface area contributed by atoms with E-state index in [0.717, 1.165) is 16.8 Å². The lowest BCUT2D eigenvalue weighted by molar-refractivity contribution is 0.0993.